The molecule has 0 aliphatic rings. The van der Waals surface area contributed by atoms with Gasteiger partial charge in [0.05, 0.1) is 11.8 Å². The Morgan fingerprint density at radius 3 is 2.44 bits per heavy atom. The molecule has 0 saturated heterocycles. The Balaban J connectivity index is 2.57. The maximum absolute atomic E-state index is 12.7. The maximum atomic E-state index is 12.7. The van der Waals surface area contributed by atoms with Gasteiger partial charge < -0.3 is 0 Å². The molecule has 0 N–H and O–H groups in total. The maximum Gasteiger partial charge on any atom is 0.416 e. The summed E-state index contributed by atoms with van der Waals surface area (Å²) in [5, 5.41) is 3.89. The summed E-state index contributed by atoms with van der Waals surface area (Å²) in [6, 6.07) is 3.23. The summed E-state index contributed by atoms with van der Waals surface area (Å²) < 4.78 is 39.5. The van der Waals surface area contributed by atoms with E-state index in [2.05, 4.69) is 5.10 Å². The summed E-state index contributed by atoms with van der Waals surface area (Å²) in [6.45, 7) is 0. The van der Waals surface area contributed by atoms with Gasteiger partial charge >= 0.3 is 6.18 Å². The van der Waals surface area contributed by atoms with Gasteiger partial charge in [0, 0.05) is 24.4 Å². The van der Waals surface area contributed by atoms with Crippen molar-refractivity contribution >= 4 is 6.29 Å². The van der Waals surface area contributed by atoms with Crippen molar-refractivity contribution in [2.45, 2.75) is 6.18 Å². The summed E-state index contributed by atoms with van der Waals surface area (Å²) >= 11 is 0. The highest BCUT2D eigenvalue weighted by atomic mass is 19.4. The molecule has 1 aromatic carbocycles. The molecule has 0 atom stereocenters. The molecule has 2 aromatic rings. The first kappa shape index (κ1) is 12.3. The van der Waals surface area contributed by atoms with E-state index in [1.54, 1.807) is 13.2 Å². The number of rotatable bonds is 2. The summed E-state index contributed by atoms with van der Waals surface area (Å²) in [5.74, 6) is 0. The van der Waals surface area contributed by atoms with Crippen molar-refractivity contribution in [1.29, 1.82) is 0 Å². The van der Waals surface area contributed by atoms with Crippen LogP contribution in [0.2, 0.25) is 0 Å². The van der Waals surface area contributed by atoms with Gasteiger partial charge in [-0.2, -0.15) is 18.3 Å². The van der Waals surface area contributed by atoms with Gasteiger partial charge in [-0.25, -0.2) is 0 Å². The molecule has 0 radical (unpaired) electrons. The average Bonchev–Trinajstić information content (AvgIpc) is 2.74. The smallest absolute Gasteiger partial charge is 0.298 e. The van der Waals surface area contributed by atoms with Crippen LogP contribution in [-0.4, -0.2) is 16.1 Å². The number of aryl methyl sites for hydroxylation is 1. The number of halogens is 3. The summed E-state index contributed by atoms with van der Waals surface area (Å²) in [7, 11) is 1.66. The molecule has 0 fully saturated rings. The first-order chi connectivity index (χ1) is 8.40. The minimum Gasteiger partial charge on any atom is -0.298 e. The zero-order valence-corrected chi connectivity index (χ0v) is 9.40. The molecule has 2 rings (SSSR count). The minimum absolute atomic E-state index is 0.0105. The molecule has 1 aromatic heterocycles. The van der Waals surface area contributed by atoms with Crippen LogP contribution in [0.3, 0.4) is 0 Å². The van der Waals surface area contributed by atoms with Crippen LogP contribution in [-0.2, 0) is 13.2 Å². The lowest BCUT2D eigenvalue weighted by Crippen LogP contribution is -2.05. The SMILES string of the molecule is Cn1cc(-c2cc(C=O)cc(C(F)(F)F)c2)cn1. The number of carbonyl (C=O) groups is 1. The molecule has 0 unspecified atom stereocenters. The molecule has 0 bridgehead atoms. The average molecular weight is 254 g/mol. The number of nitrogens with zero attached hydrogens (tertiary/aromatic N) is 2. The highest BCUT2D eigenvalue weighted by Gasteiger charge is 2.31. The van der Waals surface area contributed by atoms with Crippen LogP contribution in [0.4, 0.5) is 13.2 Å². The van der Waals surface area contributed by atoms with E-state index in [0.29, 0.717) is 17.4 Å². The van der Waals surface area contributed by atoms with Crippen molar-refractivity contribution in [2.24, 2.45) is 7.05 Å². The van der Waals surface area contributed by atoms with Crippen molar-refractivity contribution in [1.82, 2.24) is 9.78 Å². The van der Waals surface area contributed by atoms with E-state index in [0.717, 1.165) is 12.1 Å². The molecular formula is C12H9F3N2O. The molecule has 6 heteroatoms. The number of hydrogen-bond acceptors (Lipinski definition) is 2. The molecule has 0 spiro atoms. The van der Waals surface area contributed by atoms with Crippen molar-refractivity contribution in [3.8, 4) is 11.1 Å². The van der Waals surface area contributed by atoms with Crippen molar-refractivity contribution in [3.63, 3.8) is 0 Å². The fourth-order valence-electron chi connectivity index (χ4n) is 1.62. The minimum atomic E-state index is -4.48. The third kappa shape index (κ3) is 2.42. The third-order valence-electron chi connectivity index (χ3n) is 2.46. The topological polar surface area (TPSA) is 34.9 Å². The first-order valence-corrected chi connectivity index (χ1v) is 5.06. The number of carbonyl (C=O) groups excluding carboxylic acids is 1. The Labute approximate surface area is 101 Å². The number of aldehydes is 1. The van der Waals surface area contributed by atoms with Gasteiger partial charge in [0.25, 0.3) is 0 Å². The zero-order valence-electron chi connectivity index (χ0n) is 9.40. The largest absolute Gasteiger partial charge is 0.416 e. The number of aromatic nitrogens is 2. The molecule has 0 aliphatic heterocycles. The molecule has 0 amide bonds. The second-order valence-electron chi connectivity index (χ2n) is 3.86. The fraction of sp³-hybridized carbons (Fsp3) is 0.167. The lowest BCUT2D eigenvalue weighted by atomic mass is 10.0. The van der Waals surface area contributed by atoms with E-state index in [1.165, 1.54) is 16.9 Å². The molecule has 0 saturated carbocycles. The normalized spacial score (nSPS) is 11.6. The highest BCUT2D eigenvalue weighted by molar-refractivity contribution is 5.79. The molecule has 1 heterocycles. The Morgan fingerprint density at radius 1 is 1.22 bits per heavy atom. The summed E-state index contributed by atoms with van der Waals surface area (Å²) in [4.78, 5) is 10.7. The van der Waals surface area contributed by atoms with Gasteiger partial charge in [-0.05, 0) is 23.8 Å². The fourth-order valence-corrected chi connectivity index (χ4v) is 1.62. The predicted octanol–water partition coefficient (Wildman–Crippen LogP) is 2.92. The van der Waals surface area contributed by atoms with Crippen LogP contribution in [0, 0.1) is 0 Å². The van der Waals surface area contributed by atoms with Crippen LogP contribution >= 0.6 is 0 Å². The van der Waals surface area contributed by atoms with E-state index < -0.39 is 11.7 Å². The Hall–Kier alpha value is -2.11. The Bertz CT molecular complexity index is 587. The van der Waals surface area contributed by atoms with E-state index >= 15 is 0 Å². The van der Waals surface area contributed by atoms with Gasteiger partial charge in [0.2, 0.25) is 0 Å². The van der Waals surface area contributed by atoms with Gasteiger partial charge in [0.15, 0.2) is 0 Å². The van der Waals surface area contributed by atoms with Crippen molar-refractivity contribution < 1.29 is 18.0 Å². The van der Waals surface area contributed by atoms with E-state index in [4.69, 9.17) is 0 Å². The van der Waals surface area contributed by atoms with E-state index in [9.17, 15) is 18.0 Å². The van der Waals surface area contributed by atoms with Gasteiger partial charge in [-0.1, -0.05) is 0 Å². The van der Waals surface area contributed by atoms with E-state index in [-0.39, 0.29) is 5.56 Å². The number of alkyl halides is 3. The third-order valence-corrected chi connectivity index (χ3v) is 2.46. The Morgan fingerprint density at radius 2 is 1.94 bits per heavy atom. The summed E-state index contributed by atoms with van der Waals surface area (Å²) in [6.07, 6.45) is -1.04. The van der Waals surface area contributed by atoms with E-state index in [1.807, 2.05) is 0 Å². The molecule has 18 heavy (non-hydrogen) atoms. The lowest BCUT2D eigenvalue weighted by molar-refractivity contribution is -0.137. The van der Waals surface area contributed by atoms with Crippen molar-refractivity contribution in [2.75, 3.05) is 0 Å². The van der Waals surface area contributed by atoms with Gasteiger partial charge in [-0.15, -0.1) is 0 Å². The monoisotopic (exact) mass is 254 g/mol. The second-order valence-corrected chi connectivity index (χ2v) is 3.86. The first-order valence-electron chi connectivity index (χ1n) is 5.06. The standard InChI is InChI=1S/C12H9F3N2O/c1-17-6-10(5-16-17)9-2-8(7-18)3-11(4-9)12(13,14)15/h2-7H,1H3. The van der Waals surface area contributed by atoms with Crippen molar-refractivity contribution in [3.05, 3.63) is 41.7 Å². The highest BCUT2D eigenvalue weighted by Crippen LogP contribution is 2.33. The van der Waals surface area contributed by atoms with Gasteiger partial charge in [0.1, 0.15) is 6.29 Å². The van der Waals surface area contributed by atoms with Crippen LogP contribution in [0.15, 0.2) is 30.6 Å². The molecule has 94 valence electrons. The molecule has 0 aliphatic carbocycles. The van der Waals surface area contributed by atoms with Crippen LogP contribution in [0.1, 0.15) is 15.9 Å². The summed E-state index contributed by atoms with van der Waals surface area (Å²) in [5.41, 5.74) is 0.00126. The van der Waals surface area contributed by atoms with Gasteiger partial charge in [-0.3, -0.25) is 9.48 Å². The van der Waals surface area contributed by atoms with Crippen LogP contribution < -0.4 is 0 Å². The molecular weight excluding hydrogens is 245 g/mol. The Kier molecular flexibility index (Phi) is 2.94. The second kappa shape index (κ2) is 4.29. The number of hydrogen-bond donors (Lipinski definition) is 0. The lowest BCUT2D eigenvalue weighted by Gasteiger charge is -2.09. The van der Waals surface area contributed by atoms with Crippen LogP contribution in [0.5, 0.6) is 0 Å². The number of benzene rings is 1. The van der Waals surface area contributed by atoms with Crippen LogP contribution in [0.25, 0.3) is 11.1 Å². The quantitative estimate of drug-likeness (QED) is 0.772. The predicted molar refractivity (Wildman–Crippen MR) is 59.0 cm³/mol. The molecule has 3 nitrogen and oxygen atoms in total. The zero-order chi connectivity index (χ0) is 13.3.